The van der Waals surface area contributed by atoms with Crippen LogP contribution in [0.5, 0.6) is 0 Å². The maximum Gasteiger partial charge on any atom is 0.264 e. The van der Waals surface area contributed by atoms with Gasteiger partial charge in [-0.2, -0.15) is 0 Å². The normalized spacial score (nSPS) is 23.2. The fraction of sp³-hybridized carbons (Fsp3) is 0.737. The number of piperidine rings is 1. The maximum atomic E-state index is 13.0. The molecule has 4 rings (SSSR count). The average Bonchev–Trinajstić information content (AvgIpc) is 3.13. The zero-order valence-corrected chi connectivity index (χ0v) is 16.4. The van der Waals surface area contributed by atoms with Gasteiger partial charge in [0.1, 0.15) is 0 Å². The topological polar surface area (TPSA) is 54.0 Å². The first-order chi connectivity index (χ1) is 12.7. The first-order valence-electron chi connectivity index (χ1n) is 9.70. The summed E-state index contributed by atoms with van der Waals surface area (Å²) in [4.78, 5) is 19.7. The van der Waals surface area contributed by atoms with E-state index in [1.807, 2.05) is 4.90 Å². The van der Waals surface area contributed by atoms with Gasteiger partial charge in [0.05, 0.1) is 23.7 Å². The van der Waals surface area contributed by atoms with Crippen molar-refractivity contribution in [3.8, 4) is 0 Å². The van der Waals surface area contributed by atoms with Gasteiger partial charge < -0.3 is 19.7 Å². The van der Waals surface area contributed by atoms with Crippen LogP contribution in [0.3, 0.4) is 0 Å². The van der Waals surface area contributed by atoms with Crippen LogP contribution in [-0.4, -0.2) is 81.8 Å². The van der Waals surface area contributed by atoms with Crippen LogP contribution in [0.2, 0.25) is 0 Å². The molecule has 2 fully saturated rings. The minimum Gasteiger partial charge on any atom is -0.383 e. The van der Waals surface area contributed by atoms with Crippen LogP contribution in [0, 0.1) is 0 Å². The van der Waals surface area contributed by atoms with Crippen molar-refractivity contribution >= 4 is 17.2 Å². The molecule has 1 spiro atoms. The van der Waals surface area contributed by atoms with E-state index in [-0.39, 0.29) is 11.5 Å². The van der Waals surface area contributed by atoms with Crippen molar-refractivity contribution in [1.29, 1.82) is 0 Å². The molecule has 1 N–H and O–H groups in total. The molecular weight excluding hydrogens is 350 g/mol. The Morgan fingerprint density at radius 1 is 1.31 bits per heavy atom. The van der Waals surface area contributed by atoms with Crippen molar-refractivity contribution in [2.24, 2.45) is 0 Å². The summed E-state index contributed by atoms with van der Waals surface area (Å²) in [7, 11) is 1.73. The highest BCUT2D eigenvalue weighted by molar-refractivity contribution is 7.14. The number of nitrogens with zero attached hydrogens (tertiary/aromatic N) is 2. The molecule has 0 aliphatic carbocycles. The second-order valence-corrected chi connectivity index (χ2v) is 8.55. The van der Waals surface area contributed by atoms with E-state index < -0.39 is 0 Å². The molecule has 26 heavy (non-hydrogen) atoms. The summed E-state index contributed by atoms with van der Waals surface area (Å²) < 4.78 is 11.4. The fourth-order valence-corrected chi connectivity index (χ4v) is 5.52. The van der Waals surface area contributed by atoms with E-state index in [0.29, 0.717) is 0 Å². The van der Waals surface area contributed by atoms with E-state index in [2.05, 4.69) is 16.3 Å². The number of fused-ring (bicyclic) bond motifs is 2. The van der Waals surface area contributed by atoms with Crippen LogP contribution in [0.4, 0.5) is 0 Å². The van der Waals surface area contributed by atoms with Crippen molar-refractivity contribution in [1.82, 2.24) is 15.1 Å². The highest BCUT2D eigenvalue weighted by Gasteiger charge is 2.41. The SMILES string of the molecule is COCCN1CCN(C(=O)c2cc3c(s2)CCOC32CCNCC2)CC1. The standard InChI is InChI=1S/C19H29N3O3S/c1-24-13-11-21-7-9-22(10-8-21)18(23)17-14-15-16(26-17)2-12-25-19(15)3-5-20-6-4-19/h14,20H,2-13H2,1H3. The predicted molar refractivity (Wildman–Crippen MR) is 102 cm³/mol. The predicted octanol–water partition coefficient (Wildman–Crippen LogP) is 1.30. The molecule has 3 aliphatic heterocycles. The lowest BCUT2D eigenvalue weighted by Crippen LogP contribution is -2.49. The van der Waals surface area contributed by atoms with Crippen LogP contribution in [0.15, 0.2) is 6.07 Å². The van der Waals surface area contributed by atoms with Gasteiger partial charge >= 0.3 is 0 Å². The summed E-state index contributed by atoms with van der Waals surface area (Å²) in [6.07, 6.45) is 2.94. The van der Waals surface area contributed by atoms with Crippen LogP contribution in [0.25, 0.3) is 0 Å². The number of piperazine rings is 1. The van der Waals surface area contributed by atoms with E-state index in [0.717, 1.165) is 83.2 Å². The van der Waals surface area contributed by atoms with Gasteiger partial charge in [-0.1, -0.05) is 0 Å². The molecule has 1 aromatic rings. The number of carbonyl (C=O) groups is 1. The van der Waals surface area contributed by atoms with Gasteiger partial charge in [0.2, 0.25) is 0 Å². The van der Waals surface area contributed by atoms with Crippen molar-refractivity contribution in [3.05, 3.63) is 21.4 Å². The van der Waals surface area contributed by atoms with E-state index in [1.165, 1.54) is 10.4 Å². The van der Waals surface area contributed by atoms with E-state index in [4.69, 9.17) is 9.47 Å². The van der Waals surface area contributed by atoms with E-state index in [9.17, 15) is 4.79 Å². The van der Waals surface area contributed by atoms with Crippen molar-refractivity contribution in [2.45, 2.75) is 24.9 Å². The molecule has 0 atom stereocenters. The number of hydrogen-bond acceptors (Lipinski definition) is 6. The molecule has 6 nitrogen and oxygen atoms in total. The Labute approximate surface area is 159 Å². The third-order valence-electron chi connectivity index (χ3n) is 5.90. The van der Waals surface area contributed by atoms with Crippen LogP contribution in [0.1, 0.15) is 33.0 Å². The third kappa shape index (κ3) is 3.55. The van der Waals surface area contributed by atoms with E-state index in [1.54, 1.807) is 18.4 Å². The number of nitrogens with one attached hydrogen (secondary N) is 1. The Morgan fingerprint density at radius 3 is 2.81 bits per heavy atom. The number of hydrogen-bond donors (Lipinski definition) is 1. The molecular formula is C19H29N3O3S. The van der Waals surface area contributed by atoms with Crippen molar-refractivity contribution < 1.29 is 14.3 Å². The maximum absolute atomic E-state index is 13.0. The highest BCUT2D eigenvalue weighted by atomic mass is 32.1. The number of thiophene rings is 1. The summed E-state index contributed by atoms with van der Waals surface area (Å²) in [5.41, 5.74) is 1.13. The molecule has 1 amide bonds. The zero-order chi connectivity index (χ0) is 18.0. The number of amides is 1. The molecule has 0 radical (unpaired) electrons. The highest BCUT2D eigenvalue weighted by Crippen LogP contribution is 2.43. The lowest BCUT2D eigenvalue weighted by Gasteiger charge is -2.40. The molecule has 0 aromatic carbocycles. The Balaban J connectivity index is 1.45. The molecule has 2 saturated heterocycles. The van der Waals surface area contributed by atoms with Crippen LogP contribution >= 0.6 is 11.3 Å². The molecule has 4 heterocycles. The molecule has 3 aliphatic rings. The van der Waals surface area contributed by atoms with Crippen molar-refractivity contribution in [2.75, 3.05) is 66.1 Å². The van der Waals surface area contributed by atoms with Gasteiger partial charge in [0.15, 0.2) is 0 Å². The van der Waals surface area contributed by atoms with E-state index >= 15 is 0 Å². The smallest absolute Gasteiger partial charge is 0.264 e. The number of methoxy groups -OCH3 is 1. The van der Waals surface area contributed by atoms with Crippen LogP contribution in [-0.2, 0) is 21.5 Å². The minimum atomic E-state index is -0.160. The number of ether oxygens (including phenoxy) is 2. The second kappa shape index (κ2) is 7.94. The number of rotatable bonds is 4. The molecule has 0 saturated carbocycles. The molecule has 0 bridgehead atoms. The second-order valence-electron chi connectivity index (χ2n) is 7.42. The Morgan fingerprint density at radius 2 is 2.08 bits per heavy atom. The lowest BCUT2D eigenvalue weighted by atomic mass is 9.83. The fourth-order valence-electron chi connectivity index (χ4n) is 4.32. The number of carbonyl (C=O) groups excluding carboxylic acids is 1. The van der Waals surface area contributed by atoms with Crippen molar-refractivity contribution in [3.63, 3.8) is 0 Å². The van der Waals surface area contributed by atoms with Gasteiger partial charge in [-0.3, -0.25) is 9.69 Å². The van der Waals surface area contributed by atoms with Gasteiger partial charge in [0.25, 0.3) is 5.91 Å². The summed E-state index contributed by atoms with van der Waals surface area (Å²) in [5, 5.41) is 3.42. The third-order valence-corrected chi connectivity index (χ3v) is 7.08. The largest absolute Gasteiger partial charge is 0.383 e. The Kier molecular flexibility index (Phi) is 5.61. The summed E-state index contributed by atoms with van der Waals surface area (Å²) in [5.74, 6) is 0.194. The molecule has 1 aromatic heterocycles. The zero-order valence-electron chi connectivity index (χ0n) is 15.6. The average molecular weight is 380 g/mol. The molecule has 144 valence electrons. The van der Waals surface area contributed by atoms with Crippen LogP contribution < -0.4 is 5.32 Å². The van der Waals surface area contributed by atoms with Gasteiger partial charge in [-0.05, 0) is 37.6 Å². The Bertz CT molecular complexity index is 634. The first kappa shape index (κ1) is 18.4. The summed E-state index contributed by atoms with van der Waals surface area (Å²) in [6.45, 7) is 7.91. The quantitative estimate of drug-likeness (QED) is 0.855. The van der Waals surface area contributed by atoms with Gasteiger partial charge in [-0.15, -0.1) is 11.3 Å². The lowest BCUT2D eigenvalue weighted by molar-refractivity contribution is -0.0792. The summed E-state index contributed by atoms with van der Waals surface area (Å²) >= 11 is 1.69. The molecule has 0 unspecified atom stereocenters. The van der Waals surface area contributed by atoms with Gasteiger partial charge in [0, 0.05) is 51.1 Å². The monoisotopic (exact) mass is 379 g/mol. The summed E-state index contributed by atoms with van der Waals surface area (Å²) in [6, 6.07) is 2.14. The first-order valence-corrected chi connectivity index (χ1v) is 10.5. The van der Waals surface area contributed by atoms with Gasteiger partial charge in [-0.25, -0.2) is 0 Å². The molecule has 7 heteroatoms. The Hall–Kier alpha value is -0.990. The minimum absolute atomic E-state index is 0.160.